The number of nitrogens with two attached hydrogens (primary N) is 1. The molecular formula is C13H18ClFN2. The van der Waals surface area contributed by atoms with Crippen molar-refractivity contribution in [2.24, 2.45) is 11.7 Å². The predicted molar refractivity (Wildman–Crippen MR) is 68.5 cm³/mol. The second-order valence-corrected chi connectivity index (χ2v) is 5.10. The lowest BCUT2D eigenvalue weighted by molar-refractivity contribution is 0.169. The molecule has 1 heterocycles. The van der Waals surface area contributed by atoms with Crippen LogP contribution in [-0.2, 0) is 6.54 Å². The molecule has 17 heavy (non-hydrogen) atoms. The summed E-state index contributed by atoms with van der Waals surface area (Å²) < 4.78 is 13.8. The summed E-state index contributed by atoms with van der Waals surface area (Å²) >= 11 is 5.77. The minimum Gasteiger partial charge on any atom is -0.330 e. The number of halogens is 2. The van der Waals surface area contributed by atoms with Gasteiger partial charge in [0, 0.05) is 18.7 Å². The van der Waals surface area contributed by atoms with Gasteiger partial charge < -0.3 is 5.73 Å². The molecule has 1 aliphatic heterocycles. The van der Waals surface area contributed by atoms with E-state index in [1.807, 2.05) is 0 Å². The Kier molecular flexibility index (Phi) is 4.37. The first-order valence-electron chi connectivity index (χ1n) is 6.06. The molecule has 2 nitrogen and oxygen atoms in total. The largest absolute Gasteiger partial charge is 0.330 e. The molecule has 0 aromatic heterocycles. The zero-order chi connectivity index (χ0) is 12.3. The summed E-state index contributed by atoms with van der Waals surface area (Å²) in [5.74, 6) is 0.259. The number of piperidine rings is 1. The highest BCUT2D eigenvalue weighted by Crippen LogP contribution is 2.22. The summed E-state index contributed by atoms with van der Waals surface area (Å²) in [5, 5.41) is 0.204. The van der Waals surface area contributed by atoms with Crippen molar-refractivity contribution in [3.8, 4) is 0 Å². The lowest BCUT2D eigenvalue weighted by Crippen LogP contribution is -2.38. The van der Waals surface area contributed by atoms with Crippen molar-refractivity contribution in [3.05, 3.63) is 34.6 Å². The van der Waals surface area contributed by atoms with E-state index in [4.69, 9.17) is 17.3 Å². The van der Waals surface area contributed by atoms with E-state index >= 15 is 0 Å². The molecule has 94 valence electrons. The first kappa shape index (κ1) is 12.8. The van der Waals surface area contributed by atoms with Crippen LogP contribution in [0.5, 0.6) is 0 Å². The molecule has 1 fully saturated rings. The van der Waals surface area contributed by atoms with E-state index in [0.29, 0.717) is 24.6 Å². The molecule has 1 aromatic rings. The number of hydrogen-bond donors (Lipinski definition) is 1. The Morgan fingerprint density at radius 1 is 1.47 bits per heavy atom. The standard InChI is InChI=1S/C13H18ClFN2/c14-12-5-1-4-11(13(12)15)9-17-6-2-3-10(7-16)8-17/h1,4-5,10H,2-3,6-9,16H2. The average Bonchev–Trinajstić information content (AvgIpc) is 2.35. The van der Waals surface area contributed by atoms with Crippen molar-refractivity contribution in [2.45, 2.75) is 19.4 Å². The van der Waals surface area contributed by atoms with Crippen molar-refractivity contribution >= 4 is 11.6 Å². The molecule has 1 unspecified atom stereocenters. The molecule has 4 heteroatoms. The van der Waals surface area contributed by atoms with Gasteiger partial charge in [-0.15, -0.1) is 0 Å². The summed E-state index contributed by atoms with van der Waals surface area (Å²) in [6.07, 6.45) is 2.33. The van der Waals surface area contributed by atoms with Crippen LogP contribution in [0.15, 0.2) is 18.2 Å². The van der Waals surface area contributed by atoms with Crippen LogP contribution in [0.25, 0.3) is 0 Å². The summed E-state index contributed by atoms with van der Waals surface area (Å²) in [4.78, 5) is 2.26. The molecule has 0 bridgehead atoms. The van der Waals surface area contributed by atoms with Gasteiger partial charge in [-0.05, 0) is 37.9 Å². The maximum atomic E-state index is 13.8. The highest BCUT2D eigenvalue weighted by molar-refractivity contribution is 6.30. The molecule has 0 saturated carbocycles. The Labute approximate surface area is 107 Å². The van der Waals surface area contributed by atoms with Gasteiger partial charge in [-0.2, -0.15) is 0 Å². The maximum Gasteiger partial charge on any atom is 0.146 e. The first-order chi connectivity index (χ1) is 8.20. The summed E-state index contributed by atoms with van der Waals surface area (Å²) in [5.41, 5.74) is 6.37. The third kappa shape index (κ3) is 3.18. The van der Waals surface area contributed by atoms with Crippen LogP contribution in [0.3, 0.4) is 0 Å². The molecule has 0 amide bonds. The Morgan fingerprint density at radius 2 is 2.29 bits per heavy atom. The summed E-state index contributed by atoms with van der Waals surface area (Å²) in [7, 11) is 0. The minimum atomic E-state index is -0.288. The molecule has 0 radical (unpaired) electrons. The number of likely N-dealkylation sites (tertiary alicyclic amines) is 1. The lowest BCUT2D eigenvalue weighted by atomic mass is 9.98. The highest BCUT2D eigenvalue weighted by Gasteiger charge is 2.19. The summed E-state index contributed by atoms with van der Waals surface area (Å²) in [6.45, 7) is 3.32. The van der Waals surface area contributed by atoms with E-state index in [9.17, 15) is 4.39 Å². The normalized spacial score (nSPS) is 21.7. The van der Waals surface area contributed by atoms with Gasteiger partial charge in [-0.25, -0.2) is 4.39 Å². The van der Waals surface area contributed by atoms with Crippen LogP contribution in [0, 0.1) is 11.7 Å². The third-order valence-corrected chi connectivity index (χ3v) is 3.65. The number of rotatable bonds is 3. The molecule has 1 atom stereocenters. The Bertz CT molecular complexity index is 384. The molecule has 0 spiro atoms. The second kappa shape index (κ2) is 5.80. The fraction of sp³-hybridized carbons (Fsp3) is 0.538. The Balaban J connectivity index is 2.02. The topological polar surface area (TPSA) is 29.3 Å². The number of hydrogen-bond acceptors (Lipinski definition) is 2. The third-order valence-electron chi connectivity index (χ3n) is 3.36. The van der Waals surface area contributed by atoms with Gasteiger partial charge in [-0.1, -0.05) is 23.7 Å². The summed E-state index contributed by atoms with van der Waals surface area (Å²) in [6, 6.07) is 5.18. The smallest absolute Gasteiger partial charge is 0.146 e. The van der Waals surface area contributed by atoms with Crippen molar-refractivity contribution in [1.29, 1.82) is 0 Å². The maximum absolute atomic E-state index is 13.8. The fourth-order valence-corrected chi connectivity index (χ4v) is 2.59. The number of nitrogens with zero attached hydrogens (tertiary/aromatic N) is 1. The molecule has 0 aliphatic carbocycles. The lowest BCUT2D eigenvalue weighted by Gasteiger charge is -2.32. The Hall–Kier alpha value is -0.640. The van der Waals surface area contributed by atoms with Crippen LogP contribution >= 0.6 is 11.6 Å². The molecule has 2 N–H and O–H groups in total. The Morgan fingerprint density at radius 3 is 3.06 bits per heavy atom. The number of benzene rings is 1. The van der Waals surface area contributed by atoms with Crippen LogP contribution in [-0.4, -0.2) is 24.5 Å². The van der Waals surface area contributed by atoms with Gasteiger partial charge in [-0.3, -0.25) is 4.90 Å². The molecular weight excluding hydrogens is 239 g/mol. The van der Waals surface area contributed by atoms with E-state index in [1.54, 1.807) is 18.2 Å². The highest BCUT2D eigenvalue weighted by atomic mass is 35.5. The van der Waals surface area contributed by atoms with Crippen LogP contribution in [0.4, 0.5) is 4.39 Å². The van der Waals surface area contributed by atoms with Gasteiger partial charge in [0.1, 0.15) is 5.82 Å². The first-order valence-corrected chi connectivity index (χ1v) is 6.44. The van der Waals surface area contributed by atoms with E-state index in [1.165, 1.54) is 6.42 Å². The van der Waals surface area contributed by atoms with Gasteiger partial charge in [0.15, 0.2) is 0 Å². The van der Waals surface area contributed by atoms with Gasteiger partial charge in [0.2, 0.25) is 0 Å². The molecule has 1 saturated heterocycles. The van der Waals surface area contributed by atoms with E-state index in [2.05, 4.69) is 4.90 Å². The molecule has 1 aromatic carbocycles. The zero-order valence-electron chi connectivity index (χ0n) is 9.83. The quantitative estimate of drug-likeness (QED) is 0.901. The monoisotopic (exact) mass is 256 g/mol. The van der Waals surface area contributed by atoms with Crippen LogP contribution in [0.1, 0.15) is 18.4 Å². The van der Waals surface area contributed by atoms with Crippen LogP contribution < -0.4 is 5.73 Å². The van der Waals surface area contributed by atoms with Crippen molar-refractivity contribution in [2.75, 3.05) is 19.6 Å². The molecule has 2 rings (SSSR count). The van der Waals surface area contributed by atoms with E-state index in [0.717, 1.165) is 19.5 Å². The van der Waals surface area contributed by atoms with E-state index < -0.39 is 0 Å². The van der Waals surface area contributed by atoms with Crippen molar-refractivity contribution in [3.63, 3.8) is 0 Å². The molecule has 1 aliphatic rings. The van der Waals surface area contributed by atoms with Crippen molar-refractivity contribution in [1.82, 2.24) is 4.90 Å². The second-order valence-electron chi connectivity index (χ2n) is 4.69. The SMILES string of the molecule is NCC1CCCN(Cc2cccc(Cl)c2F)C1. The van der Waals surface area contributed by atoms with E-state index in [-0.39, 0.29) is 10.8 Å². The minimum absolute atomic E-state index is 0.204. The zero-order valence-corrected chi connectivity index (χ0v) is 10.6. The van der Waals surface area contributed by atoms with Gasteiger partial charge in [0.25, 0.3) is 0 Å². The van der Waals surface area contributed by atoms with Gasteiger partial charge >= 0.3 is 0 Å². The van der Waals surface area contributed by atoms with Gasteiger partial charge in [0.05, 0.1) is 5.02 Å². The average molecular weight is 257 g/mol. The van der Waals surface area contributed by atoms with Crippen LogP contribution in [0.2, 0.25) is 5.02 Å². The fourth-order valence-electron chi connectivity index (χ4n) is 2.40. The predicted octanol–water partition coefficient (Wildman–Crippen LogP) is 2.65. The van der Waals surface area contributed by atoms with Crippen molar-refractivity contribution < 1.29 is 4.39 Å².